The van der Waals surface area contributed by atoms with E-state index >= 15 is 0 Å². The van der Waals surface area contributed by atoms with Crippen molar-refractivity contribution in [2.75, 3.05) is 18.4 Å². The van der Waals surface area contributed by atoms with Gasteiger partial charge in [0.25, 0.3) is 5.69 Å². The number of carbonyl (C=O) groups is 2. The predicted molar refractivity (Wildman–Crippen MR) is 74.0 cm³/mol. The Morgan fingerprint density at radius 3 is 2.76 bits per heavy atom. The number of benzene rings is 1. The highest BCUT2D eigenvalue weighted by atomic mass is 16.6. The van der Waals surface area contributed by atoms with E-state index < -0.39 is 22.8 Å². The van der Waals surface area contributed by atoms with E-state index in [1.807, 2.05) is 0 Å². The zero-order valence-electron chi connectivity index (χ0n) is 11.2. The highest BCUT2D eigenvalue weighted by molar-refractivity contribution is 5.92. The van der Waals surface area contributed by atoms with Crippen molar-refractivity contribution in [3.05, 3.63) is 34.4 Å². The number of nitro benzene ring substituents is 1. The van der Waals surface area contributed by atoms with Crippen LogP contribution in [0.15, 0.2) is 24.3 Å². The molecule has 2 amide bonds. The average molecular weight is 293 g/mol. The Kier molecular flexibility index (Phi) is 4.36. The van der Waals surface area contributed by atoms with E-state index in [4.69, 9.17) is 5.11 Å². The third-order valence-electron chi connectivity index (χ3n) is 3.40. The van der Waals surface area contributed by atoms with Crippen LogP contribution < -0.4 is 5.32 Å². The van der Waals surface area contributed by atoms with Gasteiger partial charge < -0.3 is 15.3 Å². The second kappa shape index (κ2) is 6.21. The summed E-state index contributed by atoms with van der Waals surface area (Å²) in [4.78, 5) is 34.8. The van der Waals surface area contributed by atoms with Crippen molar-refractivity contribution in [1.82, 2.24) is 4.90 Å². The molecule has 1 atom stereocenters. The number of urea groups is 1. The van der Waals surface area contributed by atoms with Crippen molar-refractivity contribution in [2.45, 2.75) is 12.8 Å². The third kappa shape index (κ3) is 3.47. The minimum Gasteiger partial charge on any atom is -0.481 e. The van der Waals surface area contributed by atoms with Crippen LogP contribution in [0.1, 0.15) is 12.8 Å². The van der Waals surface area contributed by atoms with Gasteiger partial charge in [-0.2, -0.15) is 0 Å². The summed E-state index contributed by atoms with van der Waals surface area (Å²) in [6, 6.07) is 5.31. The zero-order chi connectivity index (χ0) is 15.4. The molecule has 1 fully saturated rings. The molecule has 0 radical (unpaired) electrons. The summed E-state index contributed by atoms with van der Waals surface area (Å²) in [7, 11) is 0. The number of carboxylic acid groups (broad SMARTS) is 1. The Morgan fingerprint density at radius 2 is 2.10 bits per heavy atom. The fourth-order valence-corrected chi connectivity index (χ4v) is 2.30. The summed E-state index contributed by atoms with van der Waals surface area (Å²) in [5, 5.41) is 22.4. The van der Waals surface area contributed by atoms with E-state index in [2.05, 4.69) is 5.32 Å². The monoisotopic (exact) mass is 293 g/mol. The maximum Gasteiger partial charge on any atom is 0.322 e. The molecular weight excluding hydrogens is 278 g/mol. The van der Waals surface area contributed by atoms with Gasteiger partial charge in [0.2, 0.25) is 0 Å². The first-order chi connectivity index (χ1) is 9.99. The molecule has 0 saturated carbocycles. The molecule has 2 rings (SSSR count). The van der Waals surface area contributed by atoms with Crippen LogP contribution in [0.2, 0.25) is 0 Å². The minimum atomic E-state index is -0.932. The largest absolute Gasteiger partial charge is 0.481 e. The summed E-state index contributed by atoms with van der Waals surface area (Å²) >= 11 is 0. The van der Waals surface area contributed by atoms with Crippen LogP contribution in [0.25, 0.3) is 0 Å². The Hall–Kier alpha value is -2.64. The number of amides is 2. The van der Waals surface area contributed by atoms with Gasteiger partial charge in [-0.05, 0) is 18.9 Å². The predicted octanol–water partition coefficient (Wildman–Crippen LogP) is 1.92. The Bertz CT molecular complexity index is 575. The smallest absolute Gasteiger partial charge is 0.322 e. The van der Waals surface area contributed by atoms with E-state index in [1.54, 1.807) is 6.07 Å². The van der Waals surface area contributed by atoms with Gasteiger partial charge in [0.05, 0.1) is 10.8 Å². The number of anilines is 1. The molecular formula is C13H15N3O5. The lowest BCUT2D eigenvalue weighted by Crippen LogP contribution is -2.44. The number of piperidine rings is 1. The molecule has 2 N–H and O–H groups in total. The number of nitrogens with one attached hydrogen (secondary N) is 1. The second-order valence-electron chi connectivity index (χ2n) is 4.83. The first-order valence-corrected chi connectivity index (χ1v) is 6.51. The lowest BCUT2D eigenvalue weighted by Gasteiger charge is -2.30. The minimum absolute atomic E-state index is 0.102. The van der Waals surface area contributed by atoms with Crippen LogP contribution in [0, 0.1) is 16.0 Å². The van der Waals surface area contributed by atoms with E-state index in [0.29, 0.717) is 19.4 Å². The molecule has 0 aliphatic carbocycles. The maximum atomic E-state index is 12.1. The van der Waals surface area contributed by atoms with Crippen LogP contribution in [0.3, 0.4) is 0 Å². The van der Waals surface area contributed by atoms with Crippen molar-refractivity contribution in [3.63, 3.8) is 0 Å². The van der Waals surface area contributed by atoms with Crippen molar-refractivity contribution < 1.29 is 19.6 Å². The van der Waals surface area contributed by atoms with E-state index in [9.17, 15) is 19.7 Å². The normalized spacial score (nSPS) is 18.1. The summed E-state index contributed by atoms with van der Waals surface area (Å²) < 4.78 is 0. The third-order valence-corrected chi connectivity index (χ3v) is 3.40. The number of carbonyl (C=O) groups excluding carboxylic acids is 1. The molecule has 1 saturated heterocycles. The highest BCUT2D eigenvalue weighted by Gasteiger charge is 2.28. The number of hydrogen-bond acceptors (Lipinski definition) is 4. The molecule has 0 bridgehead atoms. The number of carboxylic acids is 1. The van der Waals surface area contributed by atoms with Gasteiger partial charge in [-0.25, -0.2) is 4.79 Å². The van der Waals surface area contributed by atoms with Gasteiger partial charge in [-0.15, -0.1) is 0 Å². The summed E-state index contributed by atoms with van der Waals surface area (Å²) in [5.41, 5.74) is -0.0948. The lowest BCUT2D eigenvalue weighted by molar-refractivity contribution is -0.383. The van der Waals surface area contributed by atoms with Gasteiger partial charge in [-0.3, -0.25) is 14.9 Å². The quantitative estimate of drug-likeness (QED) is 0.653. The SMILES string of the molecule is O=C(O)C1CCCN(C(=O)Nc2ccccc2[N+](=O)[O-])C1. The molecule has 8 heteroatoms. The second-order valence-corrected chi connectivity index (χ2v) is 4.83. The van der Waals surface area contributed by atoms with Crippen molar-refractivity contribution in [2.24, 2.45) is 5.92 Å². The van der Waals surface area contributed by atoms with Gasteiger partial charge >= 0.3 is 12.0 Å². The maximum absolute atomic E-state index is 12.1. The van der Waals surface area contributed by atoms with Gasteiger partial charge in [0.1, 0.15) is 5.69 Å². The lowest BCUT2D eigenvalue weighted by atomic mass is 9.99. The van der Waals surface area contributed by atoms with Crippen LogP contribution >= 0.6 is 0 Å². The van der Waals surface area contributed by atoms with Crippen LogP contribution in [-0.2, 0) is 4.79 Å². The molecule has 1 aliphatic rings. The summed E-state index contributed by atoms with van der Waals surface area (Å²) in [6.45, 7) is 0.554. The topological polar surface area (TPSA) is 113 Å². The van der Waals surface area contributed by atoms with Crippen molar-refractivity contribution >= 4 is 23.4 Å². The fraction of sp³-hybridized carbons (Fsp3) is 0.385. The van der Waals surface area contributed by atoms with Gasteiger partial charge in [-0.1, -0.05) is 12.1 Å². The van der Waals surface area contributed by atoms with Crippen LogP contribution in [0.5, 0.6) is 0 Å². The van der Waals surface area contributed by atoms with E-state index in [-0.39, 0.29) is 17.9 Å². The van der Waals surface area contributed by atoms with E-state index in [1.165, 1.54) is 23.1 Å². The molecule has 1 unspecified atom stereocenters. The molecule has 112 valence electrons. The fourth-order valence-electron chi connectivity index (χ4n) is 2.30. The van der Waals surface area contributed by atoms with Gasteiger partial charge in [0, 0.05) is 19.2 Å². The number of hydrogen-bond donors (Lipinski definition) is 2. The molecule has 1 aromatic rings. The molecule has 0 spiro atoms. The number of aliphatic carboxylic acids is 1. The standard InChI is InChI=1S/C13H15N3O5/c17-12(18)9-4-3-7-15(8-9)13(19)14-10-5-1-2-6-11(10)16(20)21/h1-2,5-6,9H,3-4,7-8H2,(H,14,19)(H,17,18). The molecule has 21 heavy (non-hydrogen) atoms. The summed E-state index contributed by atoms with van der Waals surface area (Å²) in [6.07, 6.45) is 1.13. The number of nitro groups is 1. The first kappa shape index (κ1) is 14.8. The zero-order valence-corrected chi connectivity index (χ0v) is 11.2. The molecule has 1 aliphatic heterocycles. The average Bonchev–Trinajstić information content (AvgIpc) is 2.47. The molecule has 1 aromatic carbocycles. The van der Waals surface area contributed by atoms with Crippen LogP contribution in [0.4, 0.5) is 16.2 Å². The van der Waals surface area contributed by atoms with Crippen molar-refractivity contribution in [3.8, 4) is 0 Å². The Labute approximate surface area is 120 Å². The van der Waals surface area contributed by atoms with Crippen molar-refractivity contribution in [1.29, 1.82) is 0 Å². The number of para-hydroxylation sites is 2. The highest BCUT2D eigenvalue weighted by Crippen LogP contribution is 2.24. The van der Waals surface area contributed by atoms with Crippen LogP contribution in [-0.4, -0.2) is 40.0 Å². The van der Waals surface area contributed by atoms with E-state index in [0.717, 1.165) is 0 Å². The van der Waals surface area contributed by atoms with Gasteiger partial charge in [0.15, 0.2) is 0 Å². The Balaban J connectivity index is 2.08. The summed E-state index contributed by atoms with van der Waals surface area (Å²) in [5.74, 6) is -1.52. The molecule has 0 aromatic heterocycles. The first-order valence-electron chi connectivity index (χ1n) is 6.51. The Morgan fingerprint density at radius 1 is 1.38 bits per heavy atom. The molecule has 8 nitrogen and oxygen atoms in total. The number of nitrogens with zero attached hydrogens (tertiary/aromatic N) is 2. The number of rotatable bonds is 3. The molecule has 1 heterocycles. The number of likely N-dealkylation sites (tertiary alicyclic amines) is 1.